The van der Waals surface area contributed by atoms with Gasteiger partial charge < -0.3 is 0 Å². The molecule has 0 aromatic rings. The molecule has 0 spiro atoms. The predicted molar refractivity (Wildman–Crippen MR) is 49.0 cm³/mol. The van der Waals surface area contributed by atoms with E-state index in [4.69, 9.17) is 0 Å². The normalized spacial score (nSPS) is 28.9. The first-order valence-corrected chi connectivity index (χ1v) is 4.26. The van der Waals surface area contributed by atoms with Crippen LogP contribution in [-0.4, -0.2) is 17.8 Å². The van der Waals surface area contributed by atoms with Gasteiger partial charge in [0.05, 0.1) is 11.3 Å². The fraction of sp³-hybridized carbons (Fsp3) is 0.700. The van der Waals surface area contributed by atoms with E-state index in [1.165, 1.54) is 12.1 Å². The van der Waals surface area contributed by atoms with Gasteiger partial charge in [-0.3, -0.25) is 0 Å². The Hall–Kier alpha value is -0.590. The predicted octanol–water partition coefficient (Wildman–Crippen LogP) is 2.28. The van der Waals surface area contributed by atoms with Crippen molar-refractivity contribution in [3.63, 3.8) is 0 Å². The molecule has 0 amide bonds. The molecule has 1 nitrogen and oxygen atoms in total. The summed E-state index contributed by atoms with van der Waals surface area (Å²) in [5, 5.41) is 0. The lowest BCUT2D eigenvalue weighted by Crippen LogP contribution is -2.20. The third-order valence-electron chi connectivity index (χ3n) is 2.69. The van der Waals surface area contributed by atoms with Crippen LogP contribution < -0.4 is 0 Å². The first-order valence-electron chi connectivity index (χ1n) is 4.26. The fourth-order valence-corrected chi connectivity index (χ4v) is 2.11. The Bertz CT molecular complexity index is 211. The highest BCUT2D eigenvalue weighted by atomic mass is 15.0. The molecule has 1 rings (SSSR count). The van der Waals surface area contributed by atoms with Crippen LogP contribution in [0.15, 0.2) is 12.3 Å². The minimum absolute atomic E-state index is 0.306. The summed E-state index contributed by atoms with van der Waals surface area (Å²) < 4.78 is 2.16. The molecule has 0 bridgehead atoms. The number of hydrogen-bond donors (Lipinski definition) is 0. The Labute approximate surface area is 69.4 Å². The quantitative estimate of drug-likeness (QED) is 0.507. The molecule has 11 heavy (non-hydrogen) atoms. The summed E-state index contributed by atoms with van der Waals surface area (Å²) in [4.78, 5) is 0. The molecule has 0 N–H and O–H groups in total. The molecule has 0 saturated heterocycles. The molecule has 1 heterocycles. The molecule has 0 radical (unpaired) electrons. The van der Waals surface area contributed by atoms with E-state index in [2.05, 4.69) is 45.2 Å². The maximum absolute atomic E-state index is 4.08. The van der Waals surface area contributed by atoms with Crippen LogP contribution in [-0.2, 0) is 0 Å². The molecule has 0 aliphatic carbocycles. The minimum atomic E-state index is 0.306. The molecule has 0 aromatic heterocycles. The van der Waals surface area contributed by atoms with E-state index in [0.29, 0.717) is 11.3 Å². The smallest absolute Gasteiger partial charge is 0.177 e. The van der Waals surface area contributed by atoms with Crippen molar-refractivity contribution in [1.82, 2.24) is 0 Å². The van der Waals surface area contributed by atoms with Gasteiger partial charge in [-0.05, 0) is 26.8 Å². The highest BCUT2D eigenvalue weighted by Gasteiger charge is 2.41. The van der Waals surface area contributed by atoms with Gasteiger partial charge in [0.2, 0.25) is 0 Å². The van der Waals surface area contributed by atoms with Crippen molar-refractivity contribution < 1.29 is 4.58 Å². The van der Waals surface area contributed by atoms with Gasteiger partial charge in [-0.1, -0.05) is 6.92 Å². The van der Waals surface area contributed by atoms with E-state index < -0.39 is 0 Å². The van der Waals surface area contributed by atoms with E-state index in [9.17, 15) is 0 Å². The molecule has 0 saturated carbocycles. The zero-order chi connectivity index (χ0) is 8.65. The number of allylic oxidation sites excluding steroid dienone is 1. The van der Waals surface area contributed by atoms with Crippen molar-refractivity contribution >= 4 is 6.21 Å². The highest BCUT2D eigenvalue weighted by molar-refractivity contribution is 5.63. The Morgan fingerprint density at radius 1 is 1.64 bits per heavy atom. The zero-order valence-electron chi connectivity index (χ0n) is 8.02. The molecule has 1 unspecified atom stereocenters. The standard InChI is InChI=1S/C10H18N/c1-6-9-8(2)11(5)7-10(9,3)4/h7,9H,2,6H2,1,3-5H3/q+1. The largest absolute Gasteiger partial charge is 0.209 e. The van der Waals surface area contributed by atoms with Gasteiger partial charge in [-0.15, -0.1) is 0 Å². The zero-order valence-corrected chi connectivity index (χ0v) is 8.02. The second kappa shape index (κ2) is 2.47. The first-order chi connectivity index (χ1) is 4.99. The molecule has 0 aromatic carbocycles. The van der Waals surface area contributed by atoms with Crippen LogP contribution in [0.3, 0.4) is 0 Å². The molecular weight excluding hydrogens is 134 g/mol. The maximum atomic E-state index is 4.08. The van der Waals surface area contributed by atoms with Crippen LogP contribution in [0.1, 0.15) is 27.2 Å². The van der Waals surface area contributed by atoms with Crippen LogP contribution >= 0.6 is 0 Å². The van der Waals surface area contributed by atoms with E-state index in [1.807, 2.05) is 0 Å². The Kier molecular flexibility index (Phi) is 1.91. The maximum Gasteiger partial charge on any atom is 0.177 e. The van der Waals surface area contributed by atoms with Crippen LogP contribution in [0.5, 0.6) is 0 Å². The van der Waals surface area contributed by atoms with Crippen molar-refractivity contribution in [2.45, 2.75) is 27.2 Å². The van der Waals surface area contributed by atoms with Crippen molar-refractivity contribution in [3.05, 3.63) is 12.3 Å². The van der Waals surface area contributed by atoms with E-state index >= 15 is 0 Å². The third-order valence-corrected chi connectivity index (χ3v) is 2.69. The first kappa shape index (κ1) is 8.51. The lowest BCUT2D eigenvalue weighted by molar-refractivity contribution is -0.437. The second-order valence-corrected chi connectivity index (χ2v) is 4.01. The van der Waals surface area contributed by atoms with Crippen LogP contribution in [0, 0.1) is 11.3 Å². The van der Waals surface area contributed by atoms with Crippen molar-refractivity contribution in [2.75, 3.05) is 7.05 Å². The van der Waals surface area contributed by atoms with Gasteiger partial charge in [0.15, 0.2) is 11.9 Å². The SMILES string of the molecule is C=C1C(CC)C(C)(C)C=[N+]1C. The van der Waals surface area contributed by atoms with Gasteiger partial charge in [-0.2, -0.15) is 0 Å². The van der Waals surface area contributed by atoms with Gasteiger partial charge in [0, 0.05) is 0 Å². The summed E-state index contributed by atoms with van der Waals surface area (Å²) in [7, 11) is 2.08. The lowest BCUT2D eigenvalue weighted by Gasteiger charge is -2.18. The molecule has 0 fully saturated rings. The topological polar surface area (TPSA) is 3.01 Å². The summed E-state index contributed by atoms with van der Waals surface area (Å²) >= 11 is 0. The summed E-state index contributed by atoms with van der Waals surface area (Å²) in [5.41, 5.74) is 1.57. The van der Waals surface area contributed by atoms with Gasteiger partial charge in [0.25, 0.3) is 0 Å². The number of rotatable bonds is 1. The Morgan fingerprint density at radius 2 is 2.18 bits per heavy atom. The van der Waals surface area contributed by atoms with Crippen molar-refractivity contribution in [2.24, 2.45) is 11.3 Å². The average molecular weight is 152 g/mol. The fourth-order valence-electron chi connectivity index (χ4n) is 2.11. The summed E-state index contributed by atoms with van der Waals surface area (Å²) in [5.74, 6) is 0.632. The van der Waals surface area contributed by atoms with E-state index in [1.54, 1.807) is 0 Å². The number of hydrogen-bond acceptors (Lipinski definition) is 0. The Morgan fingerprint density at radius 3 is 2.36 bits per heavy atom. The van der Waals surface area contributed by atoms with E-state index in [-0.39, 0.29) is 0 Å². The molecule has 1 atom stereocenters. The average Bonchev–Trinajstić information content (AvgIpc) is 2.03. The lowest BCUT2D eigenvalue weighted by atomic mass is 9.79. The van der Waals surface area contributed by atoms with E-state index in [0.717, 1.165) is 0 Å². The highest BCUT2D eigenvalue weighted by Crippen LogP contribution is 2.37. The summed E-state index contributed by atoms with van der Waals surface area (Å²) in [6.07, 6.45) is 3.45. The molecular formula is C10H18N+. The van der Waals surface area contributed by atoms with Gasteiger partial charge >= 0.3 is 0 Å². The minimum Gasteiger partial charge on any atom is -0.209 e. The molecule has 1 heteroatoms. The third kappa shape index (κ3) is 1.24. The van der Waals surface area contributed by atoms with Gasteiger partial charge in [0.1, 0.15) is 7.05 Å². The van der Waals surface area contributed by atoms with Crippen LogP contribution in [0.25, 0.3) is 0 Å². The summed E-state index contributed by atoms with van der Waals surface area (Å²) in [6.45, 7) is 10.9. The van der Waals surface area contributed by atoms with Crippen LogP contribution in [0.2, 0.25) is 0 Å². The van der Waals surface area contributed by atoms with Gasteiger partial charge in [-0.25, -0.2) is 4.58 Å². The Balaban J connectivity index is 2.94. The van der Waals surface area contributed by atoms with Crippen molar-refractivity contribution in [3.8, 4) is 0 Å². The second-order valence-electron chi connectivity index (χ2n) is 4.01. The van der Waals surface area contributed by atoms with Crippen LogP contribution in [0.4, 0.5) is 0 Å². The van der Waals surface area contributed by atoms with Crippen molar-refractivity contribution in [1.29, 1.82) is 0 Å². The number of nitrogens with zero attached hydrogens (tertiary/aromatic N) is 1. The summed E-state index contributed by atoms with van der Waals surface area (Å²) in [6, 6.07) is 0. The molecule has 62 valence electrons. The molecule has 1 aliphatic heterocycles. The molecule has 1 aliphatic rings. The monoisotopic (exact) mass is 152 g/mol.